The molecule has 0 aliphatic heterocycles. The molecule has 1 aromatic rings. The van der Waals surface area contributed by atoms with Crippen molar-refractivity contribution in [2.24, 2.45) is 0 Å². The van der Waals surface area contributed by atoms with E-state index in [1.54, 1.807) is 12.1 Å². The van der Waals surface area contributed by atoms with E-state index < -0.39 is 0 Å². The van der Waals surface area contributed by atoms with Gasteiger partial charge in [0.2, 0.25) is 0 Å². The van der Waals surface area contributed by atoms with Crippen LogP contribution in [0.3, 0.4) is 0 Å². The third-order valence-electron chi connectivity index (χ3n) is 3.74. The minimum absolute atomic E-state index is 0.0610. The Morgan fingerprint density at radius 1 is 1.26 bits per heavy atom. The lowest BCUT2D eigenvalue weighted by Gasteiger charge is -2.24. The maximum Gasteiger partial charge on any atom is 0.124 e. The number of nitrogens with one attached hydrogen (secondary N) is 1. The average Bonchev–Trinajstić information content (AvgIpc) is 2.37. The fraction of sp³-hybridized carbons (Fsp3) is 0.600. The zero-order chi connectivity index (χ0) is 14.4. The summed E-state index contributed by atoms with van der Waals surface area (Å²) >= 11 is 0. The van der Waals surface area contributed by atoms with Crippen molar-refractivity contribution in [1.29, 1.82) is 0 Å². The highest BCUT2D eigenvalue weighted by Gasteiger charge is 2.11. The maximum atomic E-state index is 9.79. The van der Waals surface area contributed by atoms with E-state index in [4.69, 9.17) is 0 Å². The standard InChI is InChI=1S/C15H26N2O2/c1-5-11(2)17(4)9-8-16-12(3)14-7-6-13(18)10-15(14)19/h6-7,10-12,16,18-19H,5,8-9H2,1-4H3. The number of benzene rings is 1. The Labute approximate surface area is 116 Å². The number of phenols is 2. The molecule has 4 nitrogen and oxygen atoms in total. The van der Waals surface area contributed by atoms with Crippen LogP contribution in [0.5, 0.6) is 11.5 Å². The highest BCUT2D eigenvalue weighted by molar-refractivity contribution is 5.40. The van der Waals surface area contributed by atoms with Gasteiger partial charge in [0.1, 0.15) is 11.5 Å². The summed E-state index contributed by atoms with van der Waals surface area (Å²) in [4.78, 5) is 2.32. The average molecular weight is 266 g/mol. The van der Waals surface area contributed by atoms with E-state index in [2.05, 4.69) is 31.1 Å². The van der Waals surface area contributed by atoms with Crippen LogP contribution in [-0.4, -0.2) is 41.3 Å². The van der Waals surface area contributed by atoms with Gasteiger partial charge in [0.05, 0.1) is 0 Å². The third kappa shape index (κ3) is 4.73. The van der Waals surface area contributed by atoms with Crippen LogP contribution >= 0.6 is 0 Å². The van der Waals surface area contributed by atoms with Gasteiger partial charge in [-0.1, -0.05) is 13.0 Å². The molecular weight excluding hydrogens is 240 g/mol. The molecule has 3 N–H and O–H groups in total. The summed E-state index contributed by atoms with van der Waals surface area (Å²) < 4.78 is 0. The highest BCUT2D eigenvalue weighted by Crippen LogP contribution is 2.27. The predicted octanol–water partition coefficient (Wildman–Crippen LogP) is 2.48. The van der Waals surface area contributed by atoms with Crippen molar-refractivity contribution in [3.63, 3.8) is 0 Å². The zero-order valence-electron chi connectivity index (χ0n) is 12.3. The third-order valence-corrected chi connectivity index (χ3v) is 3.74. The fourth-order valence-corrected chi connectivity index (χ4v) is 2.00. The lowest BCUT2D eigenvalue weighted by Crippen LogP contribution is -2.35. The smallest absolute Gasteiger partial charge is 0.124 e. The summed E-state index contributed by atoms with van der Waals surface area (Å²) in [5, 5.41) is 22.4. The molecule has 19 heavy (non-hydrogen) atoms. The lowest BCUT2D eigenvalue weighted by atomic mass is 10.1. The second kappa shape index (κ2) is 7.36. The molecule has 0 aliphatic carbocycles. The van der Waals surface area contributed by atoms with Crippen LogP contribution < -0.4 is 5.32 Å². The molecule has 0 heterocycles. The van der Waals surface area contributed by atoms with Gasteiger partial charge in [-0.2, -0.15) is 0 Å². The lowest BCUT2D eigenvalue weighted by molar-refractivity contribution is 0.249. The fourth-order valence-electron chi connectivity index (χ4n) is 2.00. The van der Waals surface area contributed by atoms with Gasteiger partial charge < -0.3 is 20.4 Å². The number of hydrogen-bond acceptors (Lipinski definition) is 4. The minimum atomic E-state index is 0.0610. The van der Waals surface area contributed by atoms with E-state index in [0.717, 1.165) is 25.1 Å². The van der Waals surface area contributed by atoms with Gasteiger partial charge >= 0.3 is 0 Å². The van der Waals surface area contributed by atoms with E-state index in [9.17, 15) is 10.2 Å². The van der Waals surface area contributed by atoms with Crippen LogP contribution in [0.2, 0.25) is 0 Å². The van der Waals surface area contributed by atoms with E-state index in [0.29, 0.717) is 6.04 Å². The molecule has 0 spiro atoms. The Kier molecular flexibility index (Phi) is 6.12. The summed E-state index contributed by atoms with van der Waals surface area (Å²) in [6, 6.07) is 5.36. The van der Waals surface area contributed by atoms with Gasteiger partial charge in [-0.25, -0.2) is 0 Å². The molecular formula is C15H26N2O2. The molecule has 2 atom stereocenters. The van der Waals surface area contributed by atoms with Crippen molar-refractivity contribution in [3.05, 3.63) is 23.8 Å². The summed E-state index contributed by atoms with van der Waals surface area (Å²) in [5.41, 5.74) is 0.809. The minimum Gasteiger partial charge on any atom is -0.508 e. The summed E-state index contributed by atoms with van der Waals surface area (Å²) in [6.07, 6.45) is 1.14. The first-order valence-corrected chi connectivity index (χ1v) is 6.91. The van der Waals surface area contributed by atoms with Crippen LogP contribution in [0, 0.1) is 0 Å². The quantitative estimate of drug-likeness (QED) is 0.709. The first-order valence-electron chi connectivity index (χ1n) is 6.91. The van der Waals surface area contributed by atoms with Crippen molar-refractivity contribution < 1.29 is 10.2 Å². The molecule has 108 valence electrons. The Balaban J connectivity index is 2.45. The largest absolute Gasteiger partial charge is 0.508 e. The topological polar surface area (TPSA) is 55.7 Å². The zero-order valence-corrected chi connectivity index (χ0v) is 12.3. The Hall–Kier alpha value is -1.26. The van der Waals surface area contributed by atoms with Crippen molar-refractivity contribution >= 4 is 0 Å². The van der Waals surface area contributed by atoms with Crippen LogP contribution in [0.1, 0.15) is 38.8 Å². The van der Waals surface area contributed by atoms with Gasteiger partial charge in [-0.15, -0.1) is 0 Å². The normalized spacial score (nSPS) is 14.6. The molecule has 4 heteroatoms. The maximum absolute atomic E-state index is 9.79. The molecule has 0 bridgehead atoms. The molecule has 0 radical (unpaired) electrons. The number of hydrogen-bond donors (Lipinski definition) is 3. The van der Waals surface area contributed by atoms with Gasteiger partial charge in [0.25, 0.3) is 0 Å². The molecule has 0 amide bonds. The Morgan fingerprint density at radius 3 is 2.53 bits per heavy atom. The van der Waals surface area contributed by atoms with E-state index in [1.165, 1.54) is 6.07 Å². The van der Waals surface area contributed by atoms with Gasteiger partial charge in [-0.05, 0) is 33.4 Å². The van der Waals surface area contributed by atoms with Crippen LogP contribution in [0.4, 0.5) is 0 Å². The molecule has 1 rings (SSSR count). The van der Waals surface area contributed by atoms with E-state index >= 15 is 0 Å². The molecule has 0 aromatic heterocycles. The highest BCUT2D eigenvalue weighted by atomic mass is 16.3. The van der Waals surface area contributed by atoms with E-state index in [1.807, 2.05) is 6.92 Å². The van der Waals surface area contributed by atoms with Crippen LogP contribution in [0.25, 0.3) is 0 Å². The van der Waals surface area contributed by atoms with Crippen molar-refractivity contribution in [2.45, 2.75) is 39.3 Å². The first-order chi connectivity index (χ1) is 8.95. The first kappa shape index (κ1) is 15.8. The molecule has 1 aromatic carbocycles. The predicted molar refractivity (Wildman–Crippen MR) is 78.6 cm³/mol. The van der Waals surface area contributed by atoms with Crippen molar-refractivity contribution in [2.75, 3.05) is 20.1 Å². The monoisotopic (exact) mass is 266 g/mol. The molecule has 2 unspecified atom stereocenters. The van der Waals surface area contributed by atoms with E-state index in [-0.39, 0.29) is 17.5 Å². The second-order valence-corrected chi connectivity index (χ2v) is 5.16. The van der Waals surface area contributed by atoms with Gasteiger partial charge in [0, 0.05) is 36.8 Å². The van der Waals surface area contributed by atoms with Gasteiger partial charge in [0.15, 0.2) is 0 Å². The number of aromatic hydroxyl groups is 2. The summed E-state index contributed by atoms with van der Waals surface area (Å²) in [6.45, 7) is 8.25. The number of rotatable bonds is 7. The summed E-state index contributed by atoms with van der Waals surface area (Å²) in [5.74, 6) is 0.222. The molecule has 0 fully saturated rings. The number of likely N-dealkylation sites (N-methyl/N-ethyl adjacent to an activating group) is 1. The number of phenolic OH excluding ortho intramolecular Hbond substituents is 2. The Morgan fingerprint density at radius 2 is 1.95 bits per heavy atom. The number of nitrogens with zero attached hydrogens (tertiary/aromatic N) is 1. The van der Waals surface area contributed by atoms with Crippen molar-refractivity contribution in [3.8, 4) is 11.5 Å². The molecule has 0 aliphatic rings. The molecule has 0 saturated carbocycles. The SMILES string of the molecule is CCC(C)N(C)CCNC(C)c1ccc(O)cc1O. The summed E-state index contributed by atoms with van der Waals surface area (Å²) in [7, 11) is 2.12. The molecule has 0 saturated heterocycles. The van der Waals surface area contributed by atoms with Crippen LogP contribution in [-0.2, 0) is 0 Å². The Bertz CT molecular complexity index is 396. The van der Waals surface area contributed by atoms with Gasteiger partial charge in [-0.3, -0.25) is 0 Å². The second-order valence-electron chi connectivity index (χ2n) is 5.16. The van der Waals surface area contributed by atoms with Crippen molar-refractivity contribution in [1.82, 2.24) is 10.2 Å². The van der Waals surface area contributed by atoms with Crippen LogP contribution in [0.15, 0.2) is 18.2 Å².